The lowest BCUT2D eigenvalue weighted by Crippen LogP contribution is -2.28. The van der Waals surface area contributed by atoms with Gasteiger partial charge in [-0.1, -0.05) is 17.7 Å². The molecule has 20 heavy (non-hydrogen) atoms. The van der Waals surface area contributed by atoms with Crippen LogP contribution < -0.4 is 10.1 Å². The first-order valence-electron chi connectivity index (χ1n) is 7.10. The van der Waals surface area contributed by atoms with Crippen LogP contribution in [0.2, 0.25) is 0 Å². The Kier molecular flexibility index (Phi) is 7.09. The van der Waals surface area contributed by atoms with E-state index < -0.39 is 0 Å². The minimum absolute atomic E-state index is 0.0496. The van der Waals surface area contributed by atoms with E-state index in [0.717, 1.165) is 30.8 Å². The molecule has 4 heteroatoms. The molecule has 4 nitrogen and oxygen atoms in total. The predicted octanol–water partition coefficient (Wildman–Crippen LogP) is 2.14. The molecule has 0 aliphatic rings. The van der Waals surface area contributed by atoms with Crippen molar-refractivity contribution >= 4 is 5.91 Å². The summed E-state index contributed by atoms with van der Waals surface area (Å²) in [5.41, 5.74) is 2.32. The molecular formula is C16H26N2O2. The van der Waals surface area contributed by atoms with Crippen molar-refractivity contribution in [3.63, 3.8) is 0 Å². The van der Waals surface area contributed by atoms with Crippen molar-refractivity contribution in [1.29, 1.82) is 0 Å². The second kappa shape index (κ2) is 8.59. The number of carbonyl (C=O) groups excluding carboxylic acids is 1. The van der Waals surface area contributed by atoms with Gasteiger partial charge in [0.1, 0.15) is 5.75 Å². The first-order chi connectivity index (χ1) is 9.49. The molecule has 0 heterocycles. The summed E-state index contributed by atoms with van der Waals surface area (Å²) in [6.45, 7) is 6.20. The zero-order chi connectivity index (χ0) is 15.0. The number of nitrogens with zero attached hydrogens (tertiary/aromatic N) is 1. The van der Waals surface area contributed by atoms with E-state index in [1.807, 2.05) is 33.2 Å². The van der Waals surface area contributed by atoms with Crippen LogP contribution in [0.5, 0.6) is 5.75 Å². The minimum atomic E-state index is 0.0496. The number of nitrogens with one attached hydrogen (secondary N) is 1. The molecule has 1 rings (SSSR count). The molecule has 0 unspecified atom stereocenters. The Balaban J connectivity index is 2.18. The summed E-state index contributed by atoms with van der Waals surface area (Å²) in [7, 11) is 4.05. The Morgan fingerprint density at radius 2 is 2.05 bits per heavy atom. The highest BCUT2D eigenvalue weighted by atomic mass is 16.5. The van der Waals surface area contributed by atoms with Gasteiger partial charge in [-0.15, -0.1) is 0 Å². The molecule has 1 aromatic carbocycles. The van der Waals surface area contributed by atoms with Gasteiger partial charge in [0.05, 0.1) is 13.0 Å². The molecule has 0 aromatic heterocycles. The van der Waals surface area contributed by atoms with Gasteiger partial charge in [0.2, 0.25) is 5.91 Å². The molecule has 0 saturated heterocycles. The summed E-state index contributed by atoms with van der Waals surface area (Å²) in [5.74, 6) is 0.907. The van der Waals surface area contributed by atoms with Crippen molar-refractivity contribution in [2.24, 2.45) is 0 Å². The first-order valence-corrected chi connectivity index (χ1v) is 7.10. The second-order valence-corrected chi connectivity index (χ2v) is 5.37. The number of benzene rings is 1. The summed E-state index contributed by atoms with van der Waals surface area (Å²) in [6, 6.07) is 6.06. The summed E-state index contributed by atoms with van der Waals surface area (Å²) in [6.07, 6.45) is 1.37. The van der Waals surface area contributed by atoms with Gasteiger partial charge in [-0.2, -0.15) is 0 Å². The molecule has 1 N–H and O–H groups in total. The monoisotopic (exact) mass is 278 g/mol. The van der Waals surface area contributed by atoms with Crippen LogP contribution in [0.1, 0.15) is 24.0 Å². The average Bonchev–Trinajstić information content (AvgIpc) is 2.37. The molecule has 1 amide bonds. The van der Waals surface area contributed by atoms with Crippen molar-refractivity contribution in [3.05, 3.63) is 29.3 Å². The van der Waals surface area contributed by atoms with Gasteiger partial charge in [-0.05, 0) is 52.5 Å². The number of carbonyl (C=O) groups is 1. The second-order valence-electron chi connectivity index (χ2n) is 5.37. The van der Waals surface area contributed by atoms with E-state index in [1.54, 1.807) is 0 Å². The number of ether oxygens (including phenoxy) is 1. The number of aryl methyl sites for hydroxylation is 2. The van der Waals surface area contributed by atoms with E-state index in [0.29, 0.717) is 13.0 Å². The van der Waals surface area contributed by atoms with Crippen molar-refractivity contribution in [3.8, 4) is 5.75 Å². The Labute approximate surface area is 122 Å². The molecular weight excluding hydrogens is 252 g/mol. The zero-order valence-corrected chi connectivity index (χ0v) is 13.0. The summed E-state index contributed by atoms with van der Waals surface area (Å²) in [5, 5.41) is 2.90. The lowest BCUT2D eigenvalue weighted by atomic mass is 10.1. The topological polar surface area (TPSA) is 41.6 Å². The van der Waals surface area contributed by atoms with Gasteiger partial charge in [0, 0.05) is 6.54 Å². The maximum atomic E-state index is 11.6. The standard InChI is InChI=1S/C16H26N2O2/c1-13-6-7-15(14(2)12-13)20-11-8-16(19)17-9-5-10-18(3)4/h6-7,12H,5,8-11H2,1-4H3,(H,17,19). The largest absolute Gasteiger partial charge is 0.493 e. The van der Waals surface area contributed by atoms with Crippen LogP contribution in [0.4, 0.5) is 0 Å². The highest BCUT2D eigenvalue weighted by Gasteiger charge is 2.03. The van der Waals surface area contributed by atoms with Crippen LogP contribution in [0.25, 0.3) is 0 Å². The van der Waals surface area contributed by atoms with E-state index in [1.165, 1.54) is 5.56 Å². The van der Waals surface area contributed by atoms with Crippen LogP contribution in [0.15, 0.2) is 18.2 Å². The molecule has 0 bridgehead atoms. The Bertz CT molecular complexity index is 430. The fourth-order valence-electron chi connectivity index (χ4n) is 1.93. The van der Waals surface area contributed by atoms with E-state index in [-0.39, 0.29) is 5.91 Å². The normalized spacial score (nSPS) is 10.7. The maximum absolute atomic E-state index is 11.6. The number of hydrogen-bond acceptors (Lipinski definition) is 3. The van der Waals surface area contributed by atoms with Crippen LogP contribution >= 0.6 is 0 Å². The van der Waals surface area contributed by atoms with E-state index in [9.17, 15) is 4.79 Å². The fraction of sp³-hybridized carbons (Fsp3) is 0.562. The molecule has 0 aliphatic heterocycles. The number of amides is 1. The van der Waals surface area contributed by atoms with Crippen LogP contribution in [-0.2, 0) is 4.79 Å². The zero-order valence-electron chi connectivity index (χ0n) is 13.0. The Morgan fingerprint density at radius 1 is 1.30 bits per heavy atom. The summed E-state index contributed by atoms with van der Waals surface area (Å²) < 4.78 is 5.64. The van der Waals surface area contributed by atoms with Crippen LogP contribution in [0, 0.1) is 13.8 Å². The number of rotatable bonds is 8. The molecule has 1 aromatic rings. The average molecular weight is 278 g/mol. The SMILES string of the molecule is Cc1ccc(OCCC(=O)NCCCN(C)C)c(C)c1. The highest BCUT2D eigenvalue weighted by Crippen LogP contribution is 2.18. The lowest BCUT2D eigenvalue weighted by molar-refractivity contribution is -0.121. The van der Waals surface area contributed by atoms with Gasteiger partial charge in [0.15, 0.2) is 0 Å². The molecule has 0 saturated carbocycles. The highest BCUT2D eigenvalue weighted by molar-refractivity contribution is 5.75. The van der Waals surface area contributed by atoms with Crippen molar-refractivity contribution < 1.29 is 9.53 Å². The summed E-state index contributed by atoms with van der Waals surface area (Å²) in [4.78, 5) is 13.7. The fourth-order valence-corrected chi connectivity index (χ4v) is 1.93. The van der Waals surface area contributed by atoms with Gasteiger partial charge in [-0.25, -0.2) is 0 Å². The van der Waals surface area contributed by atoms with Crippen LogP contribution in [-0.4, -0.2) is 44.6 Å². The van der Waals surface area contributed by atoms with Crippen molar-refractivity contribution in [1.82, 2.24) is 10.2 Å². The Hall–Kier alpha value is -1.55. The first kappa shape index (κ1) is 16.5. The molecule has 0 spiro atoms. The van der Waals surface area contributed by atoms with Gasteiger partial charge in [-0.3, -0.25) is 4.79 Å². The maximum Gasteiger partial charge on any atom is 0.223 e. The third-order valence-corrected chi connectivity index (χ3v) is 3.02. The molecule has 112 valence electrons. The minimum Gasteiger partial charge on any atom is -0.493 e. The summed E-state index contributed by atoms with van der Waals surface area (Å²) >= 11 is 0. The molecule has 0 aliphatic carbocycles. The van der Waals surface area contributed by atoms with Crippen molar-refractivity contribution in [2.75, 3.05) is 33.8 Å². The van der Waals surface area contributed by atoms with E-state index in [2.05, 4.69) is 23.2 Å². The predicted molar refractivity (Wildman–Crippen MR) is 82.2 cm³/mol. The van der Waals surface area contributed by atoms with Gasteiger partial charge >= 0.3 is 0 Å². The lowest BCUT2D eigenvalue weighted by Gasteiger charge is -2.11. The van der Waals surface area contributed by atoms with Crippen molar-refractivity contribution in [2.45, 2.75) is 26.7 Å². The third kappa shape index (κ3) is 6.57. The molecule has 0 atom stereocenters. The quantitative estimate of drug-likeness (QED) is 0.741. The van der Waals surface area contributed by atoms with Gasteiger partial charge < -0.3 is 15.0 Å². The van der Waals surface area contributed by atoms with E-state index in [4.69, 9.17) is 4.74 Å². The van der Waals surface area contributed by atoms with Crippen LogP contribution in [0.3, 0.4) is 0 Å². The Morgan fingerprint density at radius 3 is 2.70 bits per heavy atom. The van der Waals surface area contributed by atoms with Gasteiger partial charge in [0.25, 0.3) is 0 Å². The smallest absolute Gasteiger partial charge is 0.223 e. The molecule has 0 fully saturated rings. The van der Waals surface area contributed by atoms with E-state index >= 15 is 0 Å². The third-order valence-electron chi connectivity index (χ3n) is 3.02. The number of hydrogen-bond donors (Lipinski definition) is 1. The molecule has 0 radical (unpaired) electrons.